The molecule has 5 nitrogen and oxygen atoms in total. The second kappa shape index (κ2) is 6.12. The van der Waals surface area contributed by atoms with Crippen LogP contribution in [0.3, 0.4) is 0 Å². The van der Waals surface area contributed by atoms with E-state index in [1.807, 2.05) is 32.0 Å². The Kier molecular flexibility index (Phi) is 4.17. The van der Waals surface area contributed by atoms with Gasteiger partial charge in [0.2, 0.25) is 11.8 Å². The molecule has 23 heavy (non-hydrogen) atoms. The maximum absolute atomic E-state index is 12.2. The number of nitrogens with zero attached hydrogens (tertiary/aromatic N) is 2. The number of anilines is 2. The lowest BCUT2D eigenvalue weighted by Crippen LogP contribution is -2.31. The van der Waals surface area contributed by atoms with Crippen LogP contribution in [0.15, 0.2) is 18.2 Å². The van der Waals surface area contributed by atoms with Crippen molar-refractivity contribution in [2.45, 2.75) is 33.1 Å². The van der Waals surface area contributed by atoms with Gasteiger partial charge >= 0.3 is 0 Å². The summed E-state index contributed by atoms with van der Waals surface area (Å²) >= 11 is 1.49. The lowest BCUT2D eigenvalue weighted by molar-refractivity contribution is -0.118. The first kappa shape index (κ1) is 15.7. The van der Waals surface area contributed by atoms with E-state index in [1.54, 1.807) is 11.9 Å². The van der Waals surface area contributed by atoms with Gasteiger partial charge in [0.1, 0.15) is 0 Å². The lowest BCUT2D eigenvalue weighted by Gasteiger charge is -2.26. The fourth-order valence-electron chi connectivity index (χ4n) is 2.69. The predicted octanol–water partition coefficient (Wildman–Crippen LogP) is 2.85. The molecule has 1 aliphatic heterocycles. The number of benzene rings is 1. The highest BCUT2D eigenvalue weighted by Gasteiger charge is 2.21. The average molecular weight is 329 g/mol. The van der Waals surface area contributed by atoms with Gasteiger partial charge < -0.3 is 10.2 Å². The van der Waals surface area contributed by atoms with E-state index in [1.165, 1.54) is 11.3 Å². The first-order valence-electron chi connectivity index (χ1n) is 7.56. The van der Waals surface area contributed by atoms with Gasteiger partial charge in [-0.15, -0.1) is 11.3 Å². The highest BCUT2D eigenvalue weighted by Crippen LogP contribution is 2.28. The van der Waals surface area contributed by atoms with Crippen molar-refractivity contribution in [3.8, 4) is 0 Å². The number of aromatic nitrogens is 1. The Morgan fingerprint density at radius 3 is 2.83 bits per heavy atom. The van der Waals surface area contributed by atoms with E-state index in [-0.39, 0.29) is 11.8 Å². The van der Waals surface area contributed by atoms with Crippen LogP contribution in [0.25, 0.3) is 0 Å². The molecule has 2 heterocycles. The SMILES string of the molecule is Cc1nc(NC(=O)Cc2ccc3c(c2)CCC(=O)N3C)sc1C. The molecule has 0 spiro atoms. The molecular formula is C17H19N3O2S. The molecule has 0 fully saturated rings. The van der Waals surface area contributed by atoms with E-state index >= 15 is 0 Å². The minimum Gasteiger partial charge on any atom is -0.315 e. The monoisotopic (exact) mass is 329 g/mol. The predicted molar refractivity (Wildman–Crippen MR) is 92.1 cm³/mol. The van der Waals surface area contributed by atoms with Gasteiger partial charge in [-0.25, -0.2) is 4.98 Å². The Labute approximate surface area is 139 Å². The fraction of sp³-hybridized carbons (Fsp3) is 0.353. The summed E-state index contributed by atoms with van der Waals surface area (Å²) in [5.74, 6) is 0.0662. The molecular weight excluding hydrogens is 310 g/mol. The zero-order valence-electron chi connectivity index (χ0n) is 13.5. The summed E-state index contributed by atoms with van der Waals surface area (Å²) in [6.07, 6.45) is 1.57. The Morgan fingerprint density at radius 1 is 1.35 bits per heavy atom. The molecule has 120 valence electrons. The van der Waals surface area contributed by atoms with Crippen LogP contribution >= 0.6 is 11.3 Å². The number of amides is 2. The maximum Gasteiger partial charge on any atom is 0.230 e. The molecule has 1 aromatic carbocycles. The number of thiazole rings is 1. The second-order valence-electron chi connectivity index (χ2n) is 5.80. The van der Waals surface area contributed by atoms with Crippen LogP contribution in [0, 0.1) is 13.8 Å². The van der Waals surface area contributed by atoms with E-state index in [2.05, 4.69) is 10.3 Å². The zero-order valence-corrected chi connectivity index (χ0v) is 14.3. The Balaban J connectivity index is 1.71. The normalized spacial score (nSPS) is 13.9. The van der Waals surface area contributed by atoms with Gasteiger partial charge in [-0.1, -0.05) is 12.1 Å². The largest absolute Gasteiger partial charge is 0.315 e. The third-order valence-electron chi connectivity index (χ3n) is 4.13. The minimum atomic E-state index is -0.0704. The first-order valence-corrected chi connectivity index (χ1v) is 8.38. The number of nitrogens with one attached hydrogen (secondary N) is 1. The van der Waals surface area contributed by atoms with E-state index in [9.17, 15) is 9.59 Å². The summed E-state index contributed by atoms with van der Waals surface area (Å²) in [6, 6.07) is 5.86. The van der Waals surface area contributed by atoms with Gasteiger partial charge in [-0.05, 0) is 37.5 Å². The van der Waals surface area contributed by atoms with Gasteiger partial charge in [-0.2, -0.15) is 0 Å². The molecule has 0 radical (unpaired) electrons. The number of fused-ring (bicyclic) bond motifs is 1. The fourth-order valence-corrected chi connectivity index (χ4v) is 3.53. The number of carbonyl (C=O) groups is 2. The highest BCUT2D eigenvalue weighted by molar-refractivity contribution is 7.15. The quantitative estimate of drug-likeness (QED) is 0.942. The molecule has 0 bridgehead atoms. The second-order valence-corrected chi connectivity index (χ2v) is 7.00. The van der Waals surface area contributed by atoms with Gasteiger partial charge in [-0.3, -0.25) is 9.59 Å². The lowest BCUT2D eigenvalue weighted by atomic mass is 9.98. The summed E-state index contributed by atoms with van der Waals surface area (Å²) in [4.78, 5) is 31.0. The maximum atomic E-state index is 12.2. The summed E-state index contributed by atoms with van der Waals surface area (Å²) < 4.78 is 0. The highest BCUT2D eigenvalue weighted by atomic mass is 32.1. The van der Waals surface area contributed by atoms with Crippen LogP contribution in [-0.2, 0) is 22.4 Å². The number of aryl methyl sites for hydroxylation is 3. The molecule has 0 saturated carbocycles. The molecule has 3 rings (SSSR count). The van der Waals surface area contributed by atoms with E-state index < -0.39 is 0 Å². The van der Waals surface area contributed by atoms with Crippen LogP contribution in [0.4, 0.5) is 10.8 Å². The molecule has 1 aromatic heterocycles. The molecule has 1 aliphatic rings. The van der Waals surface area contributed by atoms with Crippen LogP contribution in [-0.4, -0.2) is 23.8 Å². The molecule has 0 atom stereocenters. The van der Waals surface area contributed by atoms with Gasteiger partial charge in [0, 0.05) is 24.0 Å². The minimum absolute atomic E-state index is 0.0704. The smallest absolute Gasteiger partial charge is 0.230 e. The van der Waals surface area contributed by atoms with Crippen LogP contribution in [0.1, 0.15) is 28.1 Å². The molecule has 1 N–H and O–H groups in total. The van der Waals surface area contributed by atoms with Gasteiger partial charge in [0.05, 0.1) is 12.1 Å². The van der Waals surface area contributed by atoms with Crippen molar-refractivity contribution in [1.82, 2.24) is 4.98 Å². The topological polar surface area (TPSA) is 62.3 Å². The summed E-state index contributed by atoms with van der Waals surface area (Å²) in [5.41, 5.74) is 3.97. The number of carbonyl (C=O) groups excluding carboxylic acids is 2. The van der Waals surface area contributed by atoms with Gasteiger partial charge in [0.25, 0.3) is 0 Å². The Hall–Kier alpha value is -2.21. The first-order chi connectivity index (χ1) is 10.9. The molecule has 0 saturated heterocycles. The molecule has 0 unspecified atom stereocenters. The Bertz CT molecular complexity index is 763. The van der Waals surface area contributed by atoms with Crippen molar-refractivity contribution in [3.05, 3.63) is 39.9 Å². The van der Waals surface area contributed by atoms with E-state index in [4.69, 9.17) is 0 Å². The zero-order chi connectivity index (χ0) is 16.6. The molecule has 2 aromatic rings. The molecule has 6 heteroatoms. The standard InChI is InChI=1S/C17H19N3O2S/c1-10-11(2)23-17(18-10)19-15(21)9-12-4-6-14-13(8-12)5-7-16(22)20(14)3/h4,6,8H,5,7,9H2,1-3H3,(H,18,19,21). The third-order valence-corrected chi connectivity index (χ3v) is 5.12. The summed E-state index contributed by atoms with van der Waals surface area (Å²) in [5, 5.41) is 3.50. The van der Waals surface area contributed by atoms with Crippen LogP contribution in [0.2, 0.25) is 0 Å². The Morgan fingerprint density at radius 2 is 2.13 bits per heavy atom. The number of hydrogen-bond donors (Lipinski definition) is 1. The van der Waals surface area contributed by atoms with Crippen molar-refractivity contribution in [1.29, 1.82) is 0 Å². The van der Waals surface area contributed by atoms with E-state index in [0.29, 0.717) is 18.0 Å². The van der Waals surface area contributed by atoms with Crippen molar-refractivity contribution in [2.24, 2.45) is 0 Å². The third kappa shape index (κ3) is 3.27. The molecule has 2 amide bonds. The number of hydrogen-bond acceptors (Lipinski definition) is 4. The molecule has 0 aliphatic carbocycles. The average Bonchev–Trinajstić information content (AvgIpc) is 2.81. The van der Waals surface area contributed by atoms with Crippen molar-refractivity contribution < 1.29 is 9.59 Å². The number of rotatable bonds is 3. The summed E-state index contributed by atoms with van der Waals surface area (Å²) in [7, 11) is 1.79. The van der Waals surface area contributed by atoms with Crippen LogP contribution in [0.5, 0.6) is 0 Å². The van der Waals surface area contributed by atoms with Crippen molar-refractivity contribution in [2.75, 3.05) is 17.3 Å². The van der Waals surface area contributed by atoms with Gasteiger partial charge in [0.15, 0.2) is 5.13 Å². The van der Waals surface area contributed by atoms with Crippen LogP contribution < -0.4 is 10.2 Å². The van der Waals surface area contributed by atoms with E-state index in [0.717, 1.165) is 33.8 Å². The van der Waals surface area contributed by atoms with Crippen molar-refractivity contribution in [3.63, 3.8) is 0 Å². The summed E-state index contributed by atoms with van der Waals surface area (Å²) in [6.45, 7) is 3.92. The van der Waals surface area contributed by atoms with Crippen molar-refractivity contribution >= 4 is 34.0 Å².